The van der Waals surface area contributed by atoms with Gasteiger partial charge in [-0.05, 0) is 48.5 Å². The Morgan fingerprint density at radius 2 is 1.88 bits per heavy atom. The number of hydrogen-bond donors (Lipinski definition) is 2. The van der Waals surface area contributed by atoms with E-state index in [1.165, 1.54) is 24.0 Å². The molecule has 1 fully saturated rings. The van der Waals surface area contributed by atoms with Gasteiger partial charge in [-0.1, -0.05) is 45.0 Å². The Morgan fingerprint density at radius 1 is 1.25 bits per heavy atom. The van der Waals surface area contributed by atoms with Crippen molar-refractivity contribution in [2.75, 3.05) is 20.2 Å². The Kier molecular flexibility index (Phi) is 7.56. The Bertz CT molecular complexity index is 998. The lowest BCUT2D eigenvalue weighted by Crippen LogP contribution is -2.44. The summed E-state index contributed by atoms with van der Waals surface area (Å²) < 4.78 is 4.83. The molecule has 0 saturated carbocycles. The molecule has 1 saturated heterocycles. The predicted molar refractivity (Wildman–Crippen MR) is 134 cm³/mol. The quantitative estimate of drug-likeness (QED) is 0.285. The van der Waals surface area contributed by atoms with Crippen LogP contribution in [0.4, 0.5) is 0 Å². The van der Waals surface area contributed by atoms with Crippen LogP contribution in [0, 0.1) is 5.92 Å². The summed E-state index contributed by atoms with van der Waals surface area (Å²) in [6.45, 7) is 9.74. The number of hydrazone groups is 1. The monoisotopic (exact) mass is 473 g/mol. The lowest BCUT2D eigenvalue weighted by molar-refractivity contribution is -0.146. The number of benzene rings is 1. The third-order valence-electron chi connectivity index (χ3n) is 5.80. The Hall–Kier alpha value is -2.45. The third kappa shape index (κ3) is 5.48. The second-order valence-electron chi connectivity index (χ2n) is 9.05. The van der Waals surface area contributed by atoms with Gasteiger partial charge in [0.15, 0.2) is 5.11 Å². The Labute approximate surface area is 199 Å². The van der Waals surface area contributed by atoms with Crippen LogP contribution in [-0.4, -0.2) is 47.0 Å². The van der Waals surface area contributed by atoms with Crippen molar-refractivity contribution in [1.82, 2.24) is 10.3 Å². The highest BCUT2D eigenvalue weighted by molar-refractivity contribution is 7.80. The number of thiocarbonyl (C=S) groups is 1. The molecule has 2 heterocycles. The van der Waals surface area contributed by atoms with E-state index in [0.717, 1.165) is 10.4 Å². The van der Waals surface area contributed by atoms with Crippen LogP contribution < -0.4 is 5.43 Å². The zero-order chi connectivity index (χ0) is 23.5. The Balaban J connectivity index is 1.64. The number of carbonyl (C=O) groups excluding carboxylic acids is 1. The van der Waals surface area contributed by atoms with Gasteiger partial charge in [0.2, 0.25) is 0 Å². The van der Waals surface area contributed by atoms with Crippen molar-refractivity contribution >= 4 is 40.3 Å². The molecule has 172 valence electrons. The molecule has 3 rings (SSSR count). The van der Waals surface area contributed by atoms with Gasteiger partial charge in [-0.2, -0.15) is 5.10 Å². The molecule has 0 unspecified atom stereocenters. The summed E-state index contributed by atoms with van der Waals surface area (Å²) in [6, 6.07) is 8.32. The second-order valence-corrected chi connectivity index (χ2v) is 10.3. The predicted octanol–water partition coefficient (Wildman–Crippen LogP) is 4.90. The van der Waals surface area contributed by atoms with E-state index in [-0.39, 0.29) is 23.1 Å². The van der Waals surface area contributed by atoms with Crippen LogP contribution in [-0.2, 0) is 14.9 Å². The molecule has 1 aromatic carbocycles. The molecule has 32 heavy (non-hydrogen) atoms. The SMILES string of the molecule is COC(=O)C1CCN(C(=S)N/N=C(/C)c2csc(-c3ccc(C(C)(C)C)cc3)c2O)CC1. The van der Waals surface area contributed by atoms with E-state index in [9.17, 15) is 9.90 Å². The minimum atomic E-state index is -0.158. The first-order chi connectivity index (χ1) is 15.1. The molecule has 6 nitrogen and oxygen atoms in total. The lowest BCUT2D eigenvalue weighted by Gasteiger charge is -2.31. The van der Waals surface area contributed by atoms with Crippen LogP contribution in [0.2, 0.25) is 0 Å². The summed E-state index contributed by atoms with van der Waals surface area (Å²) in [5, 5.41) is 17.6. The summed E-state index contributed by atoms with van der Waals surface area (Å²) in [6.07, 6.45) is 1.42. The molecule has 8 heteroatoms. The van der Waals surface area contributed by atoms with Crippen molar-refractivity contribution < 1.29 is 14.6 Å². The number of nitrogens with zero attached hydrogens (tertiary/aromatic N) is 2. The molecule has 0 bridgehead atoms. The van der Waals surface area contributed by atoms with E-state index in [4.69, 9.17) is 17.0 Å². The van der Waals surface area contributed by atoms with Crippen LogP contribution in [0.25, 0.3) is 10.4 Å². The van der Waals surface area contributed by atoms with Gasteiger partial charge in [0, 0.05) is 18.5 Å². The number of hydrogen-bond acceptors (Lipinski definition) is 6. The van der Waals surface area contributed by atoms with Crippen molar-refractivity contribution in [3.8, 4) is 16.2 Å². The smallest absolute Gasteiger partial charge is 0.308 e. The normalized spacial score (nSPS) is 15.5. The van der Waals surface area contributed by atoms with Crippen molar-refractivity contribution in [3.05, 3.63) is 40.8 Å². The number of esters is 1. The molecule has 1 aliphatic heterocycles. The lowest BCUT2D eigenvalue weighted by atomic mass is 9.86. The van der Waals surface area contributed by atoms with Gasteiger partial charge in [0.25, 0.3) is 0 Å². The van der Waals surface area contributed by atoms with Gasteiger partial charge in [0.1, 0.15) is 5.75 Å². The number of likely N-dealkylation sites (tertiary alicyclic amines) is 1. The summed E-state index contributed by atoms with van der Waals surface area (Å²) in [4.78, 5) is 14.5. The molecule has 1 aliphatic rings. The van der Waals surface area contributed by atoms with E-state index < -0.39 is 0 Å². The number of thiophene rings is 1. The number of carbonyl (C=O) groups is 1. The summed E-state index contributed by atoms with van der Waals surface area (Å²) >= 11 is 6.96. The highest BCUT2D eigenvalue weighted by Crippen LogP contribution is 2.39. The highest BCUT2D eigenvalue weighted by atomic mass is 32.1. The number of piperidine rings is 1. The molecule has 0 atom stereocenters. The summed E-state index contributed by atoms with van der Waals surface area (Å²) in [7, 11) is 1.42. The maximum Gasteiger partial charge on any atom is 0.308 e. The van der Waals surface area contributed by atoms with E-state index >= 15 is 0 Å². The molecule has 0 aliphatic carbocycles. The number of aromatic hydroxyl groups is 1. The van der Waals surface area contributed by atoms with Crippen LogP contribution in [0.3, 0.4) is 0 Å². The fourth-order valence-electron chi connectivity index (χ4n) is 3.68. The van der Waals surface area contributed by atoms with Gasteiger partial charge < -0.3 is 14.7 Å². The molecule has 2 aromatic rings. The average molecular weight is 474 g/mol. The number of rotatable bonds is 4. The number of ether oxygens (including phenoxy) is 1. The van der Waals surface area contributed by atoms with Crippen LogP contribution in [0.5, 0.6) is 5.75 Å². The maximum atomic E-state index is 11.7. The Morgan fingerprint density at radius 3 is 2.44 bits per heavy atom. The first-order valence-corrected chi connectivity index (χ1v) is 12.0. The third-order valence-corrected chi connectivity index (χ3v) is 7.17. The summed E-state index contributed by atoms with van der Waals surface area (Å²) in [5.74, 6) is 0.00321. The van der Waals surface area contributed by atoms with Crippen molar-refractivity contribution in [3.63, 3.8) is 0 Å². The van der Waals surface area contributed by atoms with Crippen LogP contribution >= 0.6 is 23.6 Å². The zero-order valence-corrected chi connectivity index (χ0v) is 20.9. The van der Waals surface area contributed by atoms with Gasteiger partial charge in [-0.25, -0.2) is 0 Å². The molecule has 0 spiro atoms. The van der Waals surface area contributed by atoms with Crippen LogP contribution in [0.1, 0.15) is 51.7 Å². The first-order valence-electron chi connectivity index (χ1n) is 10.7. The standard InChI is InChI=1S/C24H31N3O3S2/c1-15(25-26-23(31)27-12-10-17(11-13-27)22(29)30-5)19-14-32-21(20(19)28)16-6-8-18(9-7-16)24(2,3)4/h6-9,14,17,28H,10-13H2,1-5H3,(H,26,31)/b25-15-. The molecular weight excluding hydrogens is 442 g/mol. The topological polar surface area (TPSA) is 74.2 Å². The fraction of sp³-hybridized carbons (Fsp3) is 0.458. The summed E-state index contributed by atoms with van der Waals surface area (Å²) in [5.41, 5.74) is 6.59. The number of methoxy groups -OCH3 is 1. The van der Waals surface area contributed by atoms with Crippen LogP contribution in [0.15, 0.2) is 34.7 Å². The van der Waals surface area contributed by atoms with Gasteiger partial charge in [-0.15, -0.1) is 11.3 Å². The molecular formula is C24H31N3O3S2. The van der Waals surface area contributed by atoms with E-state index in [0.29, 0.717) is 42.3 Å². The molecule has 1 aromatic heterocycles. The minimum absolute atomic E-state index is 0.0667. The highest BCUT2D eigenvalue weighted by Gasteiger charge is 2.26. The van der Waals surface area contributed by atoms with Gasteiger partial charge in [-0.3, -0.25) is 10.2 Å². The largest absolute Gasteiger partial charge is 0.506 e. The molecule has 0 amide bonds. The van der Waals surface area contributed by atoms with Crippen molar-refractivity contribution in [2.45, 2.75) is 46.0 Å². The zero-order valence-electron chi connectivity index (χ0n) is 19.3. The minimum Gasteiger partial charge on any atom is -0.506 e. The maximum absolute atomic E-state index is 11.7. The van der Waals surface area contributed by atoms with E-state index in [1.807, 2.05) is 29.3 Å². The van der Waals surface area contributed by atoms with Crippen molar-refractivity contribution in [2.24, 2.45) is 11.0 Å². The molecule has 0 radical (unpaired) electrons. The van der Waals surface area contributed by atoms with E-state index in [2.05, 4.69) is 43.4 Å². The second kappa shape index (κ2) is 10.0. The van der Waals surface area contributed by atoms with E-state index in [1.54, 1.807) is 0 Å². The van der Waals surface area contributed by atoms with Gasteiger partial charge >= 0.3 is 5.97 Å². The molecule has 2 N–H and O–H groups in total. The fourth-order valence-corrected chi connectivity index (χ4v) is 4.92. The average Bonchev–Trinajstić information content (AvgIpc) is 3.17. The number of nitrogens with one attached hydrogen (secondary N) is 1. The van der Waals surface area contributed by atoms with Crippen molar-refractivity contribution in [1.29, 1.82) is 0 Å². The van der Waals surface area contributed by atoms with Gasteiger partial charge in [0.05, 0.1) is 29.2 Å². The first kappa shape index (κ1) is 24.2.